The van der Waals surface area contributed by atoms with Gasteiger partial charge >= 0.3 is 5.97 Å². The molecule has 0 aliphatic carbocycles. The summed E-state index contributed by atoms with van der Waals surface area (Å²) in [5.41, 5.74) is 1.38. The minimum absolute atomic E-state index is 0.0626. The monoisotopic (exact) mass is 252 g/mol. The van der Waals surface area contributed by atoms with E-state index in [2.05, 4.69) is 4.98 Å². The highest BCUT2D eigenvalue weighted by Crippen LogP contribution is 2.26. The van der Waals surface area contributed by atoms with Gasteiger partial charge in [0.1, 0.15) is 0 Å². The van der Waals surface area contributed by atoms with Crippen LogP contribution in [0.15, 0.2) is 0 Å². The molecule has 1 N–H and O–H groups in total. The van der Waals surface area contributed by atoms with Crippen molar-refractivity contribution in [1.29, 1.82) is 0 Å². The summed E-state index contributed by atoms with van der Waals surface area (Å²) in [5.74, 6) is -1.07. The molecule has 2 rings (SSSR count). The van der Waals surface area contributed by atoms with Crippen LogP contribution in [0.5, 0.6) is 0 Å². The molecular weight excluding hydrogens is 240 g/mol. The fourth-order valence-electron chi connectivity index (χ4n) is 1.88. The summed E-state index contributed by atoms with van der Waals surface area (Å²) in [5, 5.41) is 9.21. The van der Waals surface area contributed by atoms with Crippen molar-refractivity contribution >= 4 is 28.1 Å². The molecule has 0 fully saturated rings. The Morgan fingerprint density at radius 3 is 2.59 bits per heavy atom. The number of ketones is 1. The Morgan fingerprint density at radius 1 is 1.47 bits per heavy atom. The van der Waals surface area contributed by atoms with E-state index in [-0.39, 0.29) is 11.5 Å². The first-order chi connectivity index (χ1) is 7.97. The topological polar surface area (TPSA) is 71.7 Å². The molecule has 0 bridgehead atoms. The Bertz CT molecular complexity index is 624. The maximum absolute atomic E-state index is 11.4. The molecule has 0 radical (unpaired) electrons. The number of nitrogens with zero attached hydrogens (tertiary/aromatic N) is 2. The zero-order valence-corrected chi connectivity index (χ0v) is 10.6. The van der Waals surface area contributed by atoms with Crippen LogP contribution in [0.3, 0.4) is 0 Å². The van der Waals surface area contributed by atoms with E-state index in [1.165, 1.54) is 18.3 Å². The zero-order chi connectivity index (χ0) is 12.7. The standard InChI is InChI=1S/C11H12N2O3S/c1-4-7-8(10(15)16)13-5(2)9(6(3)14)17-11(13)12-7/h4H2,1-3H3,(H,15,16). The highest BCUT2D eigenvalue weighted by Gasteiger charge is 2.23. The average molecular weight is 252 g/mol. The third kappa shape index (κ3) is 1.64. The van der Waals surface area contributed by atoms with Crippen molar-refractivity contribution in [1.82, 2.24) is 9.38 Å². The lowest BCUT2D eigenvalue weighted by Crippen LogP contribution is -2.06. The first-order valence-electron chi connectivity index (χ1n) is 5.22. The van der Waals surface area contributed by atoms with Crippen LogP contribution in [-0.2, 0) is 6.42 Å². The molecule has 90 valence electrons. The average Bonchev–Trinajstić information content (AvgIpc) is 2.75. The highest BCUT2D eigenvalue weighted by atomic mass is 32.1. The van der Waals surface area contributed by atoms with Gasteiger partial charge in [-0.25, -0.2) is 9.78 Å². The van der Waals surface area contributed by atoms with E-state index in [9.17, 15) is 14.7 Å². The summed E-state index contributed by atoms with van der Waals surface area (Å²) in [6.07, 6.45) is 0.560. The number of rotatable bonds is 3. The maximum Gasteiger partial charge on any atom is 0.354 e. The summed E-state index contributed by atoms with van der Waals surface area (Å²) < 4.78 is 1.56. The van der Waals surface area contributed by atoms with Crippen LogP contribution < -0.4 is 0 Å². The number of hydrogen-bond donors (Lipinski definition) is 1. The van der Waals surface area contributed by atoms with E-state index in [4.69, 9.17) is 0 Å². The van der Waals surface area contributed by atoms with Crippen LogP contribution >= 0.6 is 11.3 Å². The normalized spacial score (nSPS) is 11.0. The van der Waals surface area contributed by atoms with Crippen molar-refractivity contribution in [2.24, 2.45) is 0 Å². The van der Waals surface area contributed by atoms with Gasteiger partial charge in [-0.15, -0.1) is 0 Å². The summed E-state index contributed by atoms with van der Waals surface area (Å²) in [6.45, 7) is 5.08. The fraction of sp³-hybridized carbons (Fsp3) is 0.364. The predicted molar refractivity (Wildman–Crippen MR) is 64.1 cm³/mol. The molecule has 0 saturated carbocycles. The van der Waals surface area contributed by atoms with Gasteiger partial charge < -0.3 is 5.11 Å². The van der Waals surface area contributed by atoms with Gasteiger partial charge in [0, 0.05) is 12.6 Å². The molecule has 0 atom stereocenters. The van der Waals surface area contributed by atoms with Crippen LogP contribution in [-0.4, -0.2) is 26.2 Å². The van der Waals surface area contributed by atoms with Crippen molar-refractivity contribution in [3.63, 3.8) is 0 Å². The third-order valence-electron chi connectivity index (χ3n) is 2.63. The van der Waals surface area contributed by atoms with E-state index in [1.54, 1.807) is 11.3 Å². The van der Waals surface area contributed by atoms with Crippen molar-refractivity contribution in [3.05, 3.63) is 22.0 Å². The molecule has 0 unspecified atom stereocenters. The zero-order valence-electron chi connectivity index (χ0n) is 9.77. The van der Waals surface area contributed by atoms with Gasteiger partial charge in [-0.3, -0.25) is 9.20 Å². The van der Waals surface area contributed by atoms with Crippen molar-refractivity contribution in [3.8, 4) is 0 Å². The molecule has 17 heavy (non-hydrogen) atoms. The minimum Gasteiger partial charge on any atom is -0.477 e. The Kier molecular flexibility index (Phi) is 2.74. The van der Waals surface area contributed by atoms with Gasteiger partial charge in [-0.1, -0.05) is 18.3 Å². The highest BCUT2D eigenvalue weighted by molar-refractivity contribution is 7.19. The Balaban J connectivity index is 2.84. The van der Waals surface area contributed by atoms with E-state index in [1.807, 2.05) is 6.92 Å². The molecule has 0 spiro atoms. The van der Waals surface area contributed by atoms with Crippen LogP contribution in [0.1, 0.15) is 45.4 Å². The first-order valence-corrected chi connectivity index (χ1v) is 6.04. The number of aromatic carboxylic acids is 1. The van der Waals surface area contributed by atoms with Crippen LogP contribution in [0.25, 0.3) is 4.96 Å². The number of thiazole rings is 1. The third-order valence-corrected chi connectivity index (χ3v) is 3.88. The molecule has 0 aromatic carbocycles. The molecule has 0 amide bonds. The van der Waals surface area contributed by atoms with Gasteiger partial charge in [-0.2, -0.15) is 0 Å². The molecular formula is C11H12N2O3S. The summed E-state index contributed by atoms with van der Waals surface area (Å²) in [7, 11) is 0. The Hall–Kier alpha value is -1.69. The molecule has 0 saturated heterocycles. The summed E-state index contributed by atoms with van der Waals surface area (Å²) >= 11 is 1.24. The summed E-state index contributed by atoms with van der Waals surface area (Å²) in [4.78, 5) is 28.0. The van der Waals surface area contributed by atoms with E-state index in [0.717, 1.165) is 0 Å². The predicted octanol–water partition coefficient (Wildman–Crippen LogP) is 2.17. The van der Waals surface area contributed by atoms with E-state index in [0.29, 0.717) is 27.6 Å². The van der Waals surface area contributed by atoms with Gasteiger partial charge in [0.25, 0.3) is 0 Å². The second-order valence-corrected chi connectivity index (χ2v) is 4.73. The van der Waals surface area contributed by atoms with Gasteiger partial charge in [-0.05, 0) is 13.3 Å². The number of hydrogen-bond acceptors (Lipinski definition) is 4. The van der Waals surface area contributed by atoms with Gasteiger partial charge in [0.2, 0.25) is 0 Å². The van der Waals surface area contributed by atoms with Crippen molar-refractivity contribution < 1.29 is 14.7 Å². The molecule has 0 aliphatic heterocycles. The number of aryl methyl sites for hydroxylation is 2. The number of carboxylic acids is 1. The van der Waals surface area contributed by atoms with Gasteiger partial charge in [0.05, 0.1) is 10.6 Å². The van der Waals surface area contributed by atoms with Crippen molar-refractivity contribution in [2.75, 3.05) is 0 Å². The minimum atomic E-state index is -1.01. The Morgan fingerprint density at radius 2 is 2.12 bits per heavy atom. The largest absolute Gasteiger partial charge is 0.477 e. The van der Waals surface area contributed by atoms with E-state index >= 15 is 0 Å². The van der Waals surface area contributed by atoms with Crippen LogP contribution in [0.4, 0.5) is 0 Å². The van der Waals surface area contributed by atoms with Crippen LogP contribution in [0, 0.1) is 6.92 Å². The lowest BCUT2D eigenvalue weighted by molar-refractivity contribution is 0.0687. The SMILES string of the molecule is CCc1nc2sc(C(C)=O)c(C)n2c1C(=O)O. The molecule has 5 nitrogen and oxygen atoms in total. The lowest BCUT2D eigenvalue weighted by Gasteiger charge is -1.99. The van der Waals surface area contributed by atoms with E-state index < -0.39 is 5.97 Å². The number of fused-ring (bicyclic) bond motifs is 1. The molecule has 0 aliphatic rings. The Labute approximate surface area is 102 Å². The maximum atomic E-state index is 11.4. The molecule has 6 heteroatoms. The summed E-state index contributed by atoms with van der Waals surface area (Å²) in [6, 6.07) is 0. The van der Waals surface area contributed by atoms with Gasteiger partial charge in [0.15, 0.2) is 16.4 Å². The second kappa shape index (κ2) is 3.96. The van der Waals surface area contributed by atoms with Crippen LogP contribution in [0.2, 0.25) is 0 Å². The number of imidazole rings is 1. The lowest BCUT2D eigenvalue weighted by atomic mass is 10.2. The molecule has 2 heterocycles. The number of Topliss-reactive ketones (excluding diaryl/α,β-unsaturated/α-hetero) is 1. The first kappa shape index (κ1) is 11.8. The number of carbonyl (C=O) groups is 2. The second-order valence-electron chi connectivity index (χ2n) is 3.76. The molecule has 2 aromatic heterocycles. The quantitative estimate of drug-likeness (QED) is 0.850. The number of aromatic nitrogens is 2. The fourth-order valence-corrected chi connectivity index (χ4v) is 2.92. The number of carboxylic acid groups (broad SMARTS) is 1. The smallest absolute Gasteiger partial charge is 0.354 e. The van der Waals surface area contributed by atoms with Crippen molar-refractivity contribution in [2.45, 2.75) is 27.2 Å². The number of carbonyl (C=O) groups excluding carboxylic acids is 1. The molecule has 2 aromatic rings.